The Hall–Kier alpha value is -1.45. The molecule has 1 heterocycles. The molecule has 10 heavy (non-hydrogen) atoms. The number of aliphatic carboxylic acids is 1. The summed E-state index contributed by atoms with van der Waals surface area (Å²) in [4.78, 5) is 10.1. The fraction of sp³-hybridized carbons (Fsp3) is 0.167. The third-order valence-corrected chi connectivity index (χ3v) is 0.967. The van der Waals surface area contributed by atoms with Crippen molar-refractivity contribution in [1.29, 1.82) is 0 Å². The molecule has 0 aromatic carbocycles. The van der Waals surface area contributed by atoms with E-state index in [2.05, 4.69) is 5.32 Å². The van der Waals surface area contributed by atoms with E-state index in [1.165, 1.54) is 18.7 Å². The van der Waals surface area contributed by atoms with Crippen molar-refractivity contribution >= 4 is 5.97 Å². The summed E-state index contributed by atoms with van der Waals surface area (Å²) in [7, 11) is 0. The molecule has 0 aromatic heterocycles. The first kappa shape index (κ1) is 6.67. The number of carbonyl (C=O) groups is 1. The zero-order valence-corrected chi connectivity index (χ0v) is 5.20. The lowest BCUT2D eigenvalue weighted by atomic mass is 10.3. The molecule has 0 aromatic rings. The smallest absolute Gasteiger partial charge is 0.309 e. The highest BCUT2D eigenvalue weighted by Gasteiger charge is 2.03. The summed E-state index contributed by atoms with van der Waals surface area (Å²) in [5.74, 6) is -0.877. The minimum absolute atomic E-state index is 0.0374. The Morgan fingerprint density at radius 2 is 2.60 bits per heavy atom. The Morgan fingerprint density at radius 1 is 1.80 bits per heavy atom. The van der Waals surface area contributed by atoms with Gasteiger partial charge in [-0.3, -0.25) is 4.79 Å². The predicted molar refractivity (Wildman–Crippen MR) is 33.7 cm³/mol. The number of hydrogen-bond acceptors (Lipinski definition) is 3. The summed E-state index contributed by atoms with van der Waals surface area (Å²) < 4.78 is 4.71. The first-order valence-electron chi connectivity index (χ1n) is 2.77. The summed E-state index contributed by atoms with van der Waals surface area (Å²) in [5, 5.41) is 11.0. The molecule has 1 aliphatic heterocycles. The topological polar surface area (TPSA) is 58.6 Å². The minimum Gasteiger partial charge on any atom is -0.481 e. The van der Waals surface area contributed by atoms with E-state index in [4.69, 9.17) is 9.84 Å². The first-order chi connectivity index (χ1) is 4.79. The van der Waals surface area contributed by atoms with Crippen molar-refractivity contribution in [1.82, 2.24) is 5.32 Å². The molecule has 0 bridgehead atoms. The molecule has 4 nitrogen and oxygen atoms in total. The number of hydrogen-bond donors (Lipinski definition) is 2. The fourth-order valence-corrected chi connectivity index (χ4v) is 0.591. The predicted octanol–water partition coefficient (Wildman–Crippen LogP) is 0.393. The van der Waals surface area contributed by atoms with E-state index in [0.717, 1.165) is 0 Å². The van der Waals surface area contributed by atoms with Crippen molar-refractivity contribution in [3.63, 3.8) is 0 Å². The molecule has 1 aliphatic rings. The second kappa shape index (κ2) is 2.91. The monoisotopic (exact) mass is 141 g/mol. The maximum absolute atomic E-state index is 10.1. The van der Waals surface area contributed by atoms with Gasteiger partial charge in [0.1, 0.15) is 12.5 Å². The van der Waals surface area contributed by atoms with E-state index >= 15 is 0 Å². The molecule has 0 saturated heterocycles. The number of carboxylic acids is 1. The number of rotatable bonds is 2. The molecule has 0 amide bonds. The van der Waals surface area contributed by atoms with Gasteiger partial charge >= 0.3 is 5.97 Å². The normalized spacial score (nSPS) is 15.0. The molecule has 0 fully saturated rings. The highest BCUT2D eigenvalue weighted by atomic mass is 16.5. The van der Waals surface area contributed by atoms with Crippen molar-refractivity contribution in [3.05, 3.63) is 24.4 Å². The van der Waals surface area contributed by atoms with Gasteiger partial charge in [-0.05, 0) is 0 Å². The first-order valence-corrected chi connectivity index (χ1v) is 2.77. The largest absolute Gasteiger partial charge is 0.481 e. The highest BCUT2D eigenvalue weighted by molar-refractivity contribution is 5.69. The Kier molecular flexibility index (Phi) is 1.94. The van der Waals surface area contributed by atoms with Crippen LogP contribution in [0.2, 0.25) is 0 Å². The molecule has 0 saturated carbocycles. The third-order valence-electron chi connectivity index (χ3n) is 0.967. The van der Waals surface area contributed by atoms with Gasteiger partial charge in [-0.1, -0.05) is 0 Å². The summed E-state index contributed by atoms with van der Waals surface area (Å²) >= 11 is 0. The summed E-state index contributed by atoms with van der Waals surface area (Å²) in [6, 6.07) is 0. The summed E-state index contributed by atoms with van der Waals surface area (Å²) in [6.07, 6.45) is 4.31. The van der Waals surface area contributed by atoms with Gasteiger partial charge < -0.3 is 15.2 Å². The maximum Gasteiger partial charge on any atom is 0.309 e. The van der Waals surface area contributed by atoms with Gasteiger partial charge in [0.05, 0.1) is 12.1 Å². The van der Waals surface area contributed by atoms with Crippen LogP contribution in [-0.2, 0) is 9.53 Å². The Labute approximate surface area is 57.8 Å². The lowest BCUT2D eigenvalue weighted by Crippen LogP contribution is -2.12. The summed E-state index contributed by atoms with van der Waals surface area (Å²) in [5.41, 5.74) is 0.551. The fourth-order valence-electron chi connectivity index (χ4n) is 0.591. The van der Waals surface area contributed by atoms with Crippen molar-refractivity contribution in [2.24, 2.45) is 0 Å². The van der Waals surface area contributed by atoms with Crippen LogP contribution in [0.15, 0.2) is 24.4 Å². The SMILES string of the molecule is O=C(O)CC1=COC=CN1. The molecule has 54 valence electrons. The van der Waals surface area contributed by atoms with Crippen LogP contribution >= 0.6 is 0 Å². The van der Waals surface area contributed by atoms with Gasteiger partial charge in [0.25, 0.3) is 0 Å². The molecule has 4 heteroatoms. The van der Waals surface area contributed by atoms with Gasteiger partial charge in [0, 0.05) is 6.20 Å². The average molecular weight is 141 g/mol. The maximum atomic E-state index is 10.1. The van der Waals surface area contributed by atoms with E-state index in [1.54, 1.807) is 0 Å². The molecule has 0 unspecified atom stereocenters. The molecule has 0 spiro atoms. The van der Waals surface area contributed by atoms with E-state index < -0.39 is 5.97 Å². The van der Waals surface area contributed by atoms with E-state index in [-0.39, 0.29) is 6.42 Å². The highest BCUT2D eigenvalue weighted by Crippen LogP contribution is 2.01. The molecule has 0 aliphatic carbocycles. The van der Waals surface area contributed by atoms with Crippen LogP contribution in [0.1, 0.15) is 6.42 Å². The molecule has 0 atom stereocenters. The summed E-state index contributed by atoms with van der Waals surface area (Å²) in [6.45, 7) is 0. The van der Waals surface area contributed by atoms with Crippen molar-refractivity contribution in [3.8, 4) is 0 Å². The Balaban J connectivity index is 2.41. The standard InChI is InChI=1S/C6H7NO3/c8-6(9)3-5-4-10-2-1-7-5/h1-2,4,7H,3H2,(H,8,9). The molecule has 2 N–H and O–H groups in total. The van der Waals surface area contributed by atoms with E-state index in [1.807, 2.05) is 0 Å². The van der Waals surface area contributed by atoms with Crippen molar-refractivity contribution in [2.45, 2.75) is 6.42 Å². The van der Waals surface area contributed by atoms with Crippen LogP contribution < -0.4 is 5.32 Å². The second-order valence-corrected chi connectivity index (χ2v) is 1.80. The zero-order chi connectivity index (χ0) is 7.40. The van der Waals surface area contributed by atoms with Crippen LogP contribution in [0.25, 0.3) is 0 Å². The molecule has 0 radical (unpaired) electrons. The number of nitrogens with one attached hydrogen (secondary N) is 1. The lowest BCUT2D eigenvalue weighted by molar-refractivity contribution is -0.136. The quantitative estimate of drug-likeness (QED) is 0.584. The van der Waals surface area contributed by atoms with Crippen LogP contribution in [0.4, 0.5) is 0 Å². The second-order valence-electron chi connectivity index (χ2n) is 1.80. The average Bonchev–Trinajstić information content (AvgIpc) is 1.88. The minimum atomic E-state index is -0.877. The third kappa shape index (κ3) is 1.81. The molecule has 1 rings (SSSR count). The Morgan fingerprint density at radius 3 is 3.10 bits per heavy atom. The van der Waals surface area contributed by atoms with Gasteiger partial charge in [-0.15, -0.1) is 0 Å². The molecular formula is C6H7NO3. The van der Waals surface area contributed by atoms with Crippen molar-refractivity contribution < 1.29 is 14.6 Å². The van der Waals surface area contributed by atoms with Crippen LogP contribution in [0, 0.1) is 0 Å². The van der Waals surface area contributed by atoms with Gasteiger partial charge in [-0.25, -0.2) is 0 Å². The lowest BCUT2D eigenvalue weighted by Gasteiger charge is -2.07. The van der Waals surface area contributed by atoms with Crippen molar-refractivity contribution in [2.75, 3.05) is 0 Å². The van der Waals surface area contributed by atoms with Crippen LogP contribution in [0.3, 0.4) is 0 Å². The Bertz CT molecular complexity index is 195. The van der Waals surface area contributed by atoms with Gasteiger partial charge in [0.15, 0.2) is 0 Å². The van der Waals surface area contributed by atoms with Gasteiger partial charge in [-0.2, -0.15) is 0 Å². The van der Waals surface area contributed by atoms with E-state index in [9.17, 15) is 4.79 Å². The molecular weight excluding hydrogens is 134 g/mol. The number of ether oxygens (including phenoxy) is 1. The van der Waals surface area contributed by atoms with E-state index in [0.29, 0.717) is 5.70 Å². The van der Waals surface area contributed by atoms with Gasteiger partial charge in [0.2, 0.25) is 0 Å². The van der Waals surface area contributed by atoms with Crippen LogP contribution in [0.5, 0.6) is 0 Å². The van der Waals surface area contributed by atoms with Crippen LogP contribution in [-0.4, -0.2) is 11.1 Å². The number of carboxylic acid groups (broad SMARTS) is 1. The zero-order valence-electron chi connectivity index (χ0n) is 5.20.